The van der Waals surface area contributed by atoms with Crippen LogP contribution in [0.4, 0.5) is 5.82 Å². The summed E-state index contributed by atoms with van der Waals surface area (Å²) in [5.74, 6) is 1.01. The summed E-state index contributed by atoms with van der Waals surface area (Å²) in [4.78, 5) is 7.26. The molecule has 30 heavy (non-hydrogen) atoms. The first kappa shape index (κ1) is 20.6. The zero-order valence-electron chi connectivity index (χ0n) is 18.2. The van der Waals surface area contributed by atoms with Crippen LogP contribution in [0.3, 0.4) is 0 Å². The minimum Gasteiger partial charge on any atom is -0.377 e. The topological polar surface area (TPSA) is 75.7 Å². The number of ether oxygens (including phenoxy) is 2. The molecule has 0 saturated heterocycles. The fourth-order valence-electron chi connectivity index (χ4n) is 4.34. The lowest BCUT2D eigenvalue weighted by Gasteiger charge is -2.25. The number of hydrogen-bond donors (Lipinski definition) is 0. The third-order valence-corrected chi connectivity index (χ3v) is 5.96. The highest BCUT2D eigenvalue weighted by atomic mass is 16.5. The minimum atomic E-state index is 0.0620. The molecule has 158 valence electrons. The number of hydrogen-bond acceptors (Lipinski definition) is 6. The molecule has 0 radical (unpaired) electrons. The number of methoxy groups -OCH3 is 1. The highest BCUT2D eigenvalue weighted by Gasteiger charge is 2.29. The molecule has 0 saturated carbocycles. The van der Waals surface area contributed by atoms with E-state index >= 15 is 0 Å². The average Bonchev–Trinajstić information content (AvgIpc) is 3.37. The lowest BCUT2D eigenvalue weighted by molar-refractivity contribution is 0.133. The predicted molar refractivity (Wildman–Crippen MR) is 116 cm³/mol. The van der Waals surface area contributed by atoms with Gasteiger partial charge < -0.3 is 14.4 Å². The number of allylic oxidation sites excluding steroid dienone is 2. The molecule has 1 atom stereocenters. The van der Waals surface area contributed by atoms with Gasteiger partial charge in [0.25, 0.3) is 0 Å². The lowest BCUT2D eigenvalue weighted by Crippen LogP contribution is -2.28. The van der Waals surface area contributed by atoms with Crippen LogP contribution in [0.5, 0.6) is 0 Å². The molecular formula is C23H29N5O2. The first-order valence-electron chi connectivity index (χ1n) is 10.7. The fraction of sp³-hybridized carbons (Fsp3) is 0.522. The van der Waals surface area contributed by atoms with E-state index in [1.165, 1.54) is 0 Å². The third-order valence-electron chi connectivity index (χ3n) is 5.96. The smallest absolute Gasteiger partial charge is 0.173 e. The standard InChI is InChI=1S/C23H29N5O2/c1-5-7-10-27(6-2)23-18-13-30-14-20(18)25-22-21(19(12-24)26-28(22)23)17-9-8-16(29-4)11-15(17)3/h9,11,16H,5-8,10,13-14H2,1-4H3. The molecule has 1 unspecified atom stereocenters. The van der Waals surface area contributed by atoms with Crippen molar-refractivity contribution in [3.05, 3.63) is 40.2 Å². The van der Waals surface area contributed by atoms with Crippen molar-refractivity contribution in [2.75, 3.05) is 25.1 Å². The molecule has 7 heteroatoms. The maximum atomic E-state index is 9.91. The molecule has 4 rings (SSSR count). The number of nitrogens with zero attached hydrogens (tertiary/aromatic N) is 5. The van der Waals surface area contributed by atoms with Gasteiger partial charge >= 0.3 is 0 Å². The lowest BCUT2D eigenvalue weighted by atomic mass is 9.91. The zero-order valence-corrected chi connectivity index (χ0v) is 18.2. The van der Waals surface area contributed by atoms with Gasteiger partial charge in [0.15, 0.2) is 11.3 Å². The number of aromatic nitrogens is 3. The summed E-state index contributed by atoms with van der Waals surface area (Å²) >= 11 is 0. The minimum absolute atomic E-state index is 0.0620. The summed E-state index contributed by atoms with van der Waals surface area (Å²) < 4.78 is 13.1. The SMILES string of the molecule is CCCCN(CC)c1c2c(nc3c(C4=CCC(OC)C=C4C)c(C#N)nn13)COC2. The van der Waals surface area contributed by atoms with E-state index in [0.29, 0.717) is 18.9 Å². The quantitative estimate of drug-likeness (QED) is 0.690. The Morgan fingerprint density at radius 3 is 2.87 bits per heavy atom. The Kier molecular flexibility index (Phi) is 5.89. The van der Waals surface area contributed by atoms with E-state index in [1.54, 1.807) is 7.11 Å². The van der Waals surface area contributed by atoms with E-state index in [-0.39, 0.29) is 6.10 Å². The Morgan fingerprint density at radius 1 is 1.37 bits per heavy atom. The Morgan fingerprint density at radius 2 is 2.20 bits per heavy atom. The molecule has 0 bridgehead atoms. The van der Waals surface area contributed by atoms with Gasteiger partial charge in [-0.25, -0.2) is 4.98 Å². The molecule has 0 spiro atoms. The van der Waals surface area contributed by atoms with Crippen LogP contribution < -0.4 is 4.90 Å². The summed E-state index contributed by atoms with van der Waals surface area (Å²) in [6.07, 6.45) is 7.29. The van der Waals surface area contributed by atoms with Crippen molar-refractivity contribution in [3.8, 4) is 6.07 Å². The van der Waals surface area contributed by atoms with Crippen molar-refractivity contribution in [3.63, 3.8) is 0 Å². The maximum Gasteiger partial charge on any atom is 0.173 e. The number of nitriles is 1. The van der Waals surface area contributed by atoms with Gasteiger partial charge in [0, 0.05) is 25.8 Å². The van der Waals surface area contributed by atoms with Gasteiger partial charge in [0.2, 0.25) is 0 Å². The largest absolute Gasteiger partial charge is 0.377 e. The monoisotopic (exact) mass is 407 g/mol. The maximum absolute atomic E-state index is 9.91. The van der Waals surface area contributed by atoms with Crippen molar-refractivity contribution in [2.45, 2.75) is 59.4 Å². The molecule has 7 nitrogen and oxygen atoms in total. The first-order valence-corrected chi connectivity index (χ1v) is 10.7. The summed E-state index contributed by atoms with van der Waals surface area (Å²) in [5, 5.41) is 14.6. The van der Waals surface area contributed by atoms with E-state index in [0.717, 1.165) is 71.8 Å². The van der Waals surface area contributed by atoms with Crippen LogP contribution >= 0.6 is 0 Å². The molecule has 1 aliphatic carbocycles. The van der Waals surface area contributed by atoms with E-state index in [9.17, 15) is 5.26 Å². The summed E-state index contributed by atoms with van der Waals surface area (Å²) in [6, 6.07) is 2.31. The summed E-state index contributed by atoms with van der Waals surface area (Å²) in [5.41, 5.74) is 6.09. The summed E-state index contributed by atoms with van der Waals surface area (Å²) in [6.45, 7) is 9.23. The van der Waals surface area contributed by atoms with Crippen LogP contribution in [-0.2, 0) is 22.7 Å². The van der Waals surface area contributed by atoms with Gasteiger partial charge in [-0.15, -0.1) is 0 Å². The van der Waals surface area contributed by atoms with Gasteiger partial charge in [-0.2, -0.15) is 14.9 Å². The van der Waals surface area contributed by atoms with Crippen molar-refractivity contribution >= 4 is 17.0 Å². The second-order valence-electron chi connectivity index (χ2n) is 7.83. The molecule has 0 N–H and O–H groups in total. The molecule has 2 aromatic heterocycles. The van der Waals surface area contributed by atoms with Crippen LogP contribution in [0.1, 0.15) is 62.5 Å². The van der Waals surface area contributed by atoms with E-state index in [4.69, 9.17) is 19.6 Å². The van der Waals surface area contributed by atoms with Crippen molar-refractivity contribution < 1.29 is 9.47 Å². The fourth-order valence-corrected chi connectivity index (χ4v) is 4.34. The second-order valence-corrected chi connectivity index (χ2v) is 7.83. The summed E-state index contributed by atoms with van der Waals surface area (Å²) in [7, 11) is 1.72. The van der Waals surface area contributed by atoms with Crippen LogP contribution in [-0.4, -0.2) is 40.9 Å². The van der Waals surface area contributed by atoms with E-state index in [1.807, 2.05) is 4.52 Å². The number of unbranched alkanes of at least 4 members (excludes halogenated alkanes) is 1. The van der Waals surface area contributed by atoms with Crippen LogP contribution in [0, 0.1) is 11.3 Å². The first-order chi connectivity index (χ1) is 14.6. The van der Waals surface area contributed by atoms with Crippen LogP contribution in [0.25, 0.3) is 11.2 Å². The predicted octanol–water partition coefficient (Wildman–Crippen LogP) is 4.01. The molecule has 2 aliphatic rings. The Hall–Kier alpha value is -2.69. The van der Waals surface area contributed by atoms with E-state index in [2.05, 4.69) is 43.9 Å². The molecule has 1 aliphatic heterocycles. The highest BCUT2D eigenvalue weighted by Crippen LogP contribution is 2.37. The van der Waals surface area contributed by atoms with Gasteiger partial charge in [-0.1, -0.05) is 25.5 Å². The molecule has 0 amide bonds. The third kappa shape index (κ3) is 3.40. The highest BCUT2D eigenvalue weighted by molar-refractivity contribution is 5.89. The molecular weight excluding hydrogens is 378 g/mol. The van der Waals surface area contributed by atoms with Crippen molar-refractivity contribution in [2.24, 2.45) is 0 Å². The Bertz CT molecular complexity index is 1060. The van der Waals surface area contributed by atoms with Gasteiger partial charge in [0.1, 0.15) is 11.9 Å². The van der Waals surface area contributed by atoms with E-state index < -0.39 is 0 Å². The molecule has 2 aromatic rings. The normalized spacial score (nSPS) is 18.2. The molecule has 0 aromatic carbocycles. The average molecular weight is 408 g/mol. The van der Waals surface area contributed by atoms with Crippen LogP contribution in [0.2, 0.25) is 0 Å². The van der Waals surface area contributed by atoms with Crippen molar-refractivity contribution in [1.82, 2.24) is 14.6 Å². The number of fused-ring (bicyclic) bond motifs is 2. The van der Waals surface area contributed by atoms with Gasteiger partial charge in [-0.05, 0) is 37.8 Å². The van der Waals surface area contributed by atoms with Crippen LogP contribution in [0.15, 0.2) is 17.7 Å². The number of rotatable bonds is 7. The number of anilines is 1. The van der Waals surface area contributed by atoms with Crippen molar-refractivity contribution in [1.29, 1.82) is 5.26 Å². The second kappa shape index (κ2) is 8.58. The van der Waals surface area contributed by atoms with Gasteiger partial charge in [0.05, 0.1) is 30.6 Å². The molecule has 3 heterocycles. The zero-order chi connectivity index (χ0) is 21.3. The molecule has 0 fully saturated rings. The Labute approximate surface area is 177 Å². The Balaban J connectivity index is 1.94. The van der Waals surface area contributed by atoms with Gasteiger partial charge in [-0.3, -0.25) is 0 Å².